The molecule has 21 heavy (non-hydrogen) atoms. The van der Waals surface area contributed by atoms with E-state index < -0.39 is 0 Å². The first-order valence-electron chi connectivity index (χ1n) is 7.24. The molecular formula is C19H20O2. The van der Waals surface area contributed by atoms with Crippen LogP contribution in [0, 0.1) is 0 Å². The van der Waals surface area contributed by atoms with E-state index in [0.29, 0.717) is 19.3 Å². The molecule has 0 aliphatic rings. The highest BCUT2D eigenvalue weighted by Gasteiger charge is 2.03. The molecule has 0 heterocycles. The van der Waals surface area contributed by atoms with Gasteiger partial charge in [0.2, 0.25) is 0 Å². The van der Waals surface area contributed by atoms with Gasteiger partial charge in [-0.3, -0.25) is 4.79 Å². The molecule has 2 nitrogen and oxygen atoms in total. The SMILES string of the molecule is O=C(/C=C(\O)CCc1ccccc1)CCc1ccccc1. The maximum Gasteiger partial charge on any atom is 0.159 e. The molecular weight excluding hydrogens is 260 g/mol. The number of aryl methyl sites for hydroxylation is 2. The van der Waals surface area contributed by atoms with Crippen molar-refractivity contribution >= 4 is 5.78 Å². The second kappa shape index (κ2) is 8.05. The van der Waals surface area contributed by atoms with Crippen LogP contribution >= 0.6 is 0 Å². The molecule has 0 fully saturated rings. The van der Waals surface area contributed by atoms with Crippen molar-refractivity contribution in [2.75, 3.05) is 0 Å². The third-order valence-corrected chi connectivity index (χ3v) is 3.34. The lowest BCUT2D eigenvalue weighted by Gasteiger charge is -2.02. The molecule has 0 saturated heterocycles. The highest BCUT2D eigenvalue weighted by molar-refractivity contribution is 5.90. The molecule has 2 rings (SSSR count). The van der Waals surface area contributed by atoms with Gasteiger partial charge in [0.05, 0.1) is 5.76 Å². The Morgan fingerprint density at radius 3 is 1.81 bits per heavy atom. The zero-order valence-electron chi connectivity index (χ0n) is 12.0. The first-order valence-corrected chi connectivity index (χ1v) is 7.24. The Balaban J connectivity index is 1.77. The first kappa shape index (κ1) is 15.0. The van der Waals surface area contributed by atoms with Crippen LogP contribution in [0.15, 0.2) is 72.5 Å². The Kier molecular flexibility index (Phi) is 5.77. The van der Waals surface area contributed by atoms with Gasteiger partial charge in [-0.1, -0.05) is 60.7 Å². The molecule has 0 saturated carbocycles. The number of allylic oxidation sites excluding steroid dienone is 2. The van der Waals surface area contributed by atoms with Crippen molar-refractivity contribution in [3.63, 3.8) is 0 Å². The van der Waals surface area contributed by atoms with Crippen LogP contribution in [0.4, 0.5) is 0 Å². The summed E-state index contributed by atoms with van der Waals surface area (Å²) in [5.74, 6) is 0.140. The van der Waals surface area contributed by atoms with E-state index >= 15 is 0 Å². The summed E-state index contributed by atoms with van der Waals surface area (Å²) >= 11 is 0. The number of benzene rings is 2. The highest BCUT2D eigenvalue weighted by Crippen LogP contribution is 2.08. The minimum atomic E-state index is -0.0237. The molecule has 0 atom stereocenters. The third-order valence-electron chi connectivity index (χ3n) is 3.34. The number of aliphatic hydroxyl groups excluding tert-OH is 1. The fourth-order valence-electron chi connectivity index (χ4n) is 2.16. The second-order valence-electron chi connectivity index (χ2n) is 5.07. The van der Waals surface area contributed by atoms with Crippen LogP contribution in [-0.4, -0.2) is 10.9 Å². The van der Waals surface area contributed by atoms with Gasteiger partial charge >= 0.3 is 0 Å². The zero-order chi connectivity index (χ0) is 14.9. The Morgan fingerprint density at radius 1 is 0.810 bits per heavy atom. The van der Waals surface area contributed by atoms with Gasteiger partial charge in [0, 0.05) is 18.9 Å². The van der Waals surface area contributed by atoms with Gasteiger partial charge in [-0.25, -0.2) is 0 Å². The fourth-order valence-corrected chi connectivity index (χ4v) is 2.16. The molecule has 0 spiro atoms. The molecule has 0 bridgehead atoms. The largest absolute Gasteiger partial charge is 0.512 e. The number of rotatable bonds is 7. The maximum absolute atomic E-state index is 11.8. The van der Waals surface area contributed by atoms with Crippen LogP contribution in [0.5, 0.6) is 0 Å². The number of carbonyl (C=O) groups excluding carboxylic acids is 1. The van der Waals surface area contributed by atoms with E-state index in [1.165, 1.54) is 6.08 Å². The van der Waals surface area contributed by atoms with Crippen molar-refractivity contribution in [3.05, 3.63) is 83.6 Å². The number of hydrogen-bond acceptors (Lipinski definition) is 2. The molecule has 2 aromatic rings. The summed E-state index contributed by atoms with van der Waals surface area (Å²) in [6.07, 6.45) is 3.75. The van der Waals surface area contributed by atoms with Crippen molar-refractivity contribution in [2.24, 2.45) is 0 Å². The van der Waals surface area contributed by atoms with Crippen LogP contribution < -0.4 is 0 Å². The minimum Gasteiger partial charge on any atom is -0.512 e. The van der Waals surface area contributed by atoms with Crippen molar-refractivity contribution in [1.29, 1.82) is 0 Å². The summed E-state index contributed by atoms with van der Waals surface area (Å²) < 4.78 is 0. The molecule has 0 amide bonds. The van der Waals surface area contributed by atoms with Gasteiger partial charge < -0.3 is 5.11 Å². The van der Waals surface area contributed by atoms with Gasteiger partial charge in [-0.15, -0.1) is 0 Å². The van der Waals surface area contributed by atoms with E-state index in [-0.39, 0.29) is 11.5 Å². The van der Waals surface area contributed by atoms with E-state index in [9.17, 15) is 9.90 Å². The summed E-state index contributed by atoms with van der Waals surface area (Å²) in [4.78, 5) is 11.8. The monoisotopic (exact) mass is 280 g/mol. The Hall–Kier alpha value is -2.35. The van der Waals surface area contributed by atoms with E-state index in [2.05, 4.69) is 0 Å². The Morgan fingerprint density at radius 2 is 1.29 bits per heavy atom. The molecule has 2 aromatic carbocycles. The van der Waals surface area contributed by atoms with Crippen molar-refractivity contribution in [1.82, 2.24) is 0 Å². The summed E-state index contributed by atoms with van der Waals surface area (Å²) in [6.45, 7) is 0. The zero-order valence-corrected chi connectivity index (χ0v) is 12.0. The van der Waals surface area contributed by atoms with Crippen LogP contribution in [-0.2, 0) is 17.6 Å². The third kappa shape index (κ3) is 5.65. The first-order chi connectivity index (χ1) is 10.2. The van der Waals surface area contributed by atoms with E-state index in [0.717, 1.165) is 17.5 Å². The number of carbonyl (C=O) groups is 1. The minimum absolute atomic E-state index is 0.0237. The smallest absolute Gasteiger partial charge is 0.159 e. The molecule has 108 valence electrons. The summed E-state index contributed by atoms with van der Waals surface area (Å²) in [6, 6.07) is 19.8. The van der Waals surface area contributed by atoms with Crippen LogP contribution in [0.25, 0.3) is 0 Å². The van der Waals surface area contributed by atoms with Gasteiger partial charge in [0.1, 0.15) is 0 Å². The molecule has 2 heteroatoms. The molecule has 0 aliphatic heterocycles. The lowest BCUT2D eigenvalue weighted by atomic mass is 10.1. The molecule has 1 N–H and O–H groups in total. The summed E-state index contributed by atoms with van der Waals surface area (Å²) in [5.41, 5.74) is 2.30. The Bertz CT molecular complexity index is 585. The molecule has 0 aromatic heterocycles. The average molecular weight is 280 g/mol. The molecule has 0 aliphatic carbocycles. The van der Waals surface area contributed by atoms with Gasteiger partial charge in [0.15, 0.2) is 5.78 Å². The number of ketones is 1. The normalized spacial score (nSPS) is 11.3. The van der Waals surface area contributed by atoms with Crippen LogP contribution in [0.1, 0.15) is 24.0 Å². The predicted octanol–water partition coefficient (Wildman–Crippen LogP) is 4.26. The summed E-state index contributed by atoms with van der Waals surface area (Å²) in [7, 11) is 0. The lowest BCUT2D eigenvalue weighted by Crippen LogP contribution is -1.99. The molecule has 0 radical (unpaired) electrons. The van der Waals surface area contributed by atoms with Gasteiger partial charge in [-0.2, -0.15) is 0 Å². The maximum atomic E-state index is 11.8. The average Bonchev–Trinajstić information content (AvgIpc) is 2.53. The second-order valence-corrected chi connectivity index (χ2v) is 5.07. The van der Waals surface area contributed by atoms with Gasteiger partial charge in [0.25, 0.3) is 0 Å². The van der Waals surface area contributed by atoms with Crippen molar-refractivity contribution in [3.8, 4) is 0 Å². The van der Waals surface area contributed by atoms with Crippen LogP contribution in [0.3, 0.4) is 0 Å². The Labute approximate surface area is 125 Å². The van der Waals surface area contributed by atoms with Gasteiger partial charge in [-0.05, 0) is 24.0 Å². The fraction of sp³-hybridized carbons (Fsp3) is 0.211. The number of aliphatic hydroxyl groups is 1. The number of hydrogen-bond donors (Lipinski definition) is 1. The van der Waals surface area contributed by atoms with Crippen molar-refractivity contribution in [2.45, 2.75) is 25.7 Å². The van der Waals surface area contributed by atoms with E-state index in [1.807, 2.05) is 60.7 Å². The van der Waals surface area contributed by atoms with Crippen molar-refractivity contribution < 1.29 is 9.90 Å². The highest BCUT2D eigenvalue weighted by atomic mass is 16.3. The van der Waals surface area contributed by atoms with E-state index in [1.54, 1.807) is 0 Å². The quantitative estimate of drug-likeness (QED) is 0.607. The molecule has 0 unspecified atom stereocenters. The predicted molar refractivity (Wildman–Crippen MR) is 85.2 cm³/mol. The van der Waals surface area contributed by atoms with E-state index in [4.69, 9.17) is 0 Å². The van der Waals surface area contributed by atoms with Crippen LogP contribution in [0.2, 0.25) is 0 Å². The topological polar surface area (TPSA) is 37.3 Å². The standard InChI is InChI=1S/C19H20O2/c20-18(13-11-16-7-3-1-4-8-16)15-19(21)14-12-17-9-5-2-6-10-17/h1-10,15,20H,11-14H2/b18-15-. The summed E-state index contributed by atoms with van der Waals surface area (Å²) in [5, 5.41) is 9.82. The lowest BCUT2D eigenvalue weighted by molar-refractivity contribution is -0.114.